The molecule has 2 aromatic heterocycles. The first-order valence-electron chi connectivity index (χ1n) is 6.57. The van der Waals surface area contributed by atoms with Gasteiger partial charge in [0.2, 0.25) is 0 Å². The minimum atomic E-state index is 0.809. The highest BCUT2D eigenvalue weighted by atomic mass is 35.5. The average Bonchev–Trinajstić information content (AvgIpc) is 3.01. The molecule has 0 unspecified atom stereocenters. The number of halogens is 1. The lowest BCUT2D eigenvalue weighted by atomic mass is 10.1. The van der Waals surface area contributed by atoms with E-state index >= 15 is 0 Å². The van der Waals surface area contributed by atoms with Gasteiger partial charge in [-0.1, -0.05) is 17.7 Å². The Morgan fingerprint density at radius 3 is 2.57 bits per heavy atom. The molecule has 0 radical (unpaired) electrons. The van der Waals surface area contributed by atoms with Gasteiger partial charge in [-0.3, -0.25) is 0 Å². The van der Waals surface area contributed by atoms with Crippen molar-refractivity contribution in [2.75, 3.05) is 0 Å². The molecule has 0 N–H and O–H groups in total. The maximum Gasteiger partial charge on any atom is 0.190 e. The van der Waals surface area contributed by atoms with Crippen molar-refractivity contribution in [3.8, 4) is 10.6 Å². The van der Waals surface area contributed by atoms with Gasteiger partial charge in [0.05, 0.1) is 20.6 Å². The molecule has 21 heavy (non-hydrogen) atoms. The highest BCUT2D eigenvalue weighted by Gasteiger charge is 2.07. The molecule has 0 amide bonds. The summed E-state index contributed by atoms with van der Waals surface area (Å²) in [5.41, 5.74) is 4.70. The van der Waals surface area contributed by atoms with Crippen molar-refractivity contribution in [1.29, 1.82) is 0 Å². The minimum absolute atomic E-state index is 0.809. The first-order chi connectivity index (χ1) is 10.0. The number of benzene rings is 1. The van der Waals surface area contributed by atoms with E-state index in [1.54, 1.807) is 22.7 Å². The van der Waals surface area contributed by atoms with E-state index in [0.717, 1.165) is 20.5 Å². The number of hydrogen-bond acceptors (Lipinski definition) is 3. The molecule has 2 nitrogen and oxygen atoms in total. The van der Waals surface area contributed by atoms with Crippen LogP contribution in [0, 0.1) is 13.8 Å². The maximum atomic E-state index is 6.02. The third-order valence-corrected chi connectivity index (χ3v) is 5.64. The van der Waals surface area contributed by atoms with Crippen molar-refractivity contribution in [2.45, 2.75) is 13.8 Å². The van der Waals surface area contributed by atoms with Crippen LogP contribution in [0.15, 0.2) is 40.7 Å². The summed E-state index contributed by atoms with van der Waals surface area (Å²) in [6.45, 7) is 4.23. The summed E-state index contributed by atoms with van der Waals surface area (Å²) in [4.78, 5) is 6.90. The first-order valence-corrected chi connectivity index (χ1v) is 8.64. The molecule has 2 heterocycles. The number of aryl methyl sites for hydroxylation is 2. The van der Waals surface area contributed by atoms with E-state index in [-0.39, 0.29) is 0 Å². The molecule has 0 saturated heterocycles. The zero-order valence-electron chi connectivity index (χ0n) is 12.1. The number of rotatable bonds is 2. The van der Waals surface area contributed by atoms with Crippen LogP contribution in [0.25, 0.3) is 10.6 Å². The highest BCUT2D eigenvalue weighted by Crippen LogP contribution is 2.30. The van der Waals surface area contributed by atoms with Crippen LogP contribution in [0.1, 0.15) is 11.1 Å². The molecule has 3 rings (SSSR count). The average molecular weight is 335 g/mol. The molecule has 108 valence electrons. The number of thiophene rings is 1. The van der Waals surface area contributed by atoms with E-state index in [2.05, 4.69) is 48.1 Å². The Bertz CT molecular complexity index is 855. The summed E-state index contributed by atoms with van der Waals surface area (Å²) in [7, 11) is 2.04. The van der Waals surface area contributed by atoms with Crippen molar-refractivity contribution >= 4 is 40.0 Å². The van der Waals surface area contributed by atoms with Gasteiger partial charge in [0.15, 0.2) is 4.80 Å². The zero-order chi connectivity index (χ0) is 15.0. The highest BCUT2D eigenvalue weighted by molar-refractivity contribution is 7.19. The summed E-state index contributed by atoms with van der Waals surface area (Å²) < 4.78 is 2.92. The predicted molar refractivity (Wildman–Crippen MR) is 92.8 cm³/mol. The van der Waals surface area contributed by atoms with Crippen LogP contribution in [-0.2, 0) is 7.05 Å². The Hall–Kier alpha value is -1.36. The van der Waals surface area contributed by atoms with Crippen LogP contribution in [0.3, 0.4) is 0 Å². The molecule has 0 aliphatic carbocycles. The molecule has 0 saturated carbocycles. The van der Waals surface area contributed by atoms with Gasteiger partial charge in [0.1, 0.15) is 0 Å². The predicted octanol–water partition coefficient (Wildman–Crippen LogP) is 5.32. The molecular formula is C16H15ClN2S2. The molecule has 1 aromatic carbocycles. The quantitative estimate of drug-likeness (QED) is 0.603. The summed E-state index contributed by atoms with van der Waals surface area (Å²) in [6.07, 6.45) is 0. The number of thiazole rings is 1. The Morgan fingerprint density at radius 1 is 1.10 bits per heavy atom. The molecule has 0 aliphatic heterocycles. The summed E-state index contributed by atoms with van der Waals surface area (Å²) >= 11 is 9.25. The van der Waals surface area contributed by atoms with Crippen LogP contribution in [0.2, 0.25) is 4.34 Å². The Kier molecular flexibility index (Phi) is 4.02. The summed E-state index contributed by atoms with van der Waals surface area (Å²) in [5, 5.41) is 2.13. The Morgan fingerprint density at radius 2 is 1.90 bits per heavy atom. The second-order valence-corrected chi connectivity index (χ2v) is 7.50. The maximum absolute atomic E-state index is 6.02. The van der Waals surface area contributed by atoms with Crippen LogP contribution in [-0.4, -0.2) is 4.57 Å². The van der Waals surface area contributed by atoms with E-state index in [1.807, 2.05) is 13.1 Å². The van der Waals surface area contributed by atoms with E-state index in [9.17, 15) is 0 Å². The molecule has 0 spiro atoms. The smallest absolute Gasteiger partial charge is 0.190 e. The SMILES string of the molecule is Cc1ccc(N=c2scc(-c3ccc(Cl)s3)n2C)cc1C. The fourth-order valence-corrected chi connectivity index (χ4v) is 4.14. The first kappa shape index (κ1) is 14.6. The van der Waals surface area contributed by atoms with Crippen LogP contribution in [0.4, 0.5) is 5.69 Å². The summed E-state index contributed by atoms with van der Waals surface area (Å²) in [5.74, 6) is 0. The lowest BCUT2D eigenvalue weighted by molar-refractivity contribution is 0.885. The number of nitrogens with zero attached hydrogens (tertiary/aromatic N) is 2. The topological polar surface area (TPSA) is 17.3 Å². The van der Waals surface area contributed by atoms with E-state index < -0.39 is 0 Å². The van der Waals surface area contributed by atoms with E-state index in [1.165, 1.54) is 16.0 Å². The lowest BCUT2D eigenvalue weighted by Crippen LogP contribution is -2.10. The van der Waals surface area contributed by atoms with E-state index in [4.69, 9.17) is 16.6 Å². The van der Waals surface area contributed by atoms with Crippen molar-refractivity contribution in [3.63, 3.8) is 0 Å². The number of hydrogen-bond donors (Lipinski definition) is 0. The molecule has 0 atom stereocenters. The Balaban J connectivity index is 2.05. The second kappa shape index (κ2) is 5.79. The van der Waals surface area contributed by atoms with Crippen molar-refractivity contribution < 1.29 is 0 Å². The molecular weight excluding hydrogens is 320 g/mol. The Labute approximate surface area is 137 Å². The largest absolute Gasteiger partial charge is 0.319 e. The second-order valence-electron chi connectivity index (χ2n) is 4.95. The van der Waals surface area contributed by atoms with Crippen LogP contribution < -0.4 is 4.80 Å². The normalized spacial score (nSPS) is 12.1. The van der Waals surface area contributed by atoms with Crippen molar-refractivity contribution in [3.05, 3.63) is 56.0 Å². The molecule has 3 aromatic rings. The molecule has 0 fully saturated rings. The van der Waals surface area contributed by atoms with Gasteiger partial charge < -0.3 is 4.57 Å². The third kappa shape index (κ3) is 2.98. The fourth-order valence-electron chi connectivity index (χ4n) is 2.05. The standard InChI is InChI=1S/C16H15ClN2S2/c1-10-4-5-12(8-11(10)2)18-16-19(3)13(9-20-16)14-6-7-15(17)21-14/h4-9H,1-3H3. The molecule has 0 bridgehead atoms. The van der Waals surface area contributed by atoms with Crippen molar-refractivity contribution in [2.24, 2.45) is 12.0 Å². The van der Waals surface area contributed by atoms with Crippen LogP contribution in [0.5, 0.6) is 0 Å². The van der Waals surface area contributed by atoms with Gasteiger partial charge in [0, 0.05) is 12.4 Å². The third-order valence-electron chi connectivity index (χ3n) is 3.47. The zero-order valence-corrected chi connectivity index (χ0v) is 14.4. The monoisotopic (exact) mass is 334 g/mol. The van der Waals surface area contributed by atoms with Gasteiger partial charge in [-0.2, -0.15) is 0 Å². The number of aromatic nitrogens is 1. The van der Waals surface area contributed by atoms with E-state index in [0.29, 0.717) is 0 Å². The lowest BCUT2D eigenvalue weighted by Gasteiger charge is -2.01. The van der Waals surface area contributed by atoms with Gasteiger partial charge in [-0.15, -0.1) is 22.7 Å². The van der Waals surface area contributed by atoms with Gasteiger partial charge in [0.25, 0.3) is 0 Å². The minimum Gasteiger partial charge on any atom is -0.319 e. The summed E-state index contributed by atoms with van der Waals surface area (Å²) in [6, 6.07) is 10.3. The van der Waals surface area contributed by atoms with Crippen molar-refractivity contribution in [1.82, 2.24) is 4.57 Å². The van der Waals surface area contributed by atoms with Gasteiger partial charge >= 0.3 is 0 Å². The molecule has 0 aliphatic rings. The molecule has 5 heteroatoms. The fraction of sp³-hybridized carbons (Fsp3) is 0.188. The van der Waals surface area contributed by atoms with Gasteiger partial charge in [-0.25, -0.2) is 4.99 Å². The van der Waals surface area contributed by atoms with Gasteiger partial charge in [-0.05, 0) is 49.2 Å². The van der Waals surface area contributed by atoms with Crippen LogP contribution >= 0.6 is 34.3 Å².